The van der Waals surface area contributed by atoms with Crippen molar-refractivity contribution in [3.8, 4) is 5.75 Å². The quantitative estimate of drug-likeness (QED) is 0.504. The first kappa shape index (κ1) is 18.0. The first-order chi connectivity index (χ1) is 10.3. The summed E-state index contributed by atoms with van der Waals surface area (Å²) in [6, 6.07) is 7.76. The Balaban J connectivity index is 2.09. The van der Waals surface area contributed by atoms with E-state index in [1.165, 1.54) is 51.4 Å². The van der Waals surface area contributed by atoms with Crippen LogP contribution >= 0.6 is 0 Å². The van der Waals surface area contributed by atoms with E-state index >= 15 is 0 Å². The van der Waals surface area contributed by atoms with Crippen LogP contribution in [0.25, 0.3) is 0 Å². The largest absolute Gasteiger partial charge is 0.496 e. The topological polar surface area (TPSA) is 29.5 Å². The van der Waals surface area contributed by atoms with Gasteiger partial charge in [-0.2, -0.15) is 0 Å². The van der Waals surface area contributed by atoms with E-state index < -0.39 is 6.10 Å². The summed E-state index contributed by atoms with van der Waals surface area (Å²) in [5.41, 5.74) is 0.916. The SMILES string of the molecule is CCCCCCCCCCCC(O)c1ccccc1OC. The lowest BCUT2D eigenvalue weighted by atomic mass is 10.0. The zero-order chi connectivity index (χ0) is 15.3. The van der Waals surface area contributed by atoms with Crippen LogP contribution in [-0.4, -0.2) is 12.2 Å². The molecule has 1 aromatic carbocycles. The number of hydrogen-bond acceptors (Lipinski definition) is 2. The third-order valence-corrected chi connectivity index (χ3v) is 4.08. The molecule has 0 amide bonds. The highest BCUT2D eigenvalue weighted by molar-refractivity contribution is 5.34. The maximum atomic E-state index is 10.3. The van der Waals surface area contributed by atoms with Crippen molar-refractivity contribution in [2.75, 3.05) is 7.11 Å². The lowest BCUT2D eigenvalue weighted by Crippen LogP contribution is -2.00. The van der Waals surface area contributed by atoms with Crippen LogP contribution in [0.15, 0.2) is 24.3 Å². The average molecular weight is 292 g/mol. The average Bonchev–Trinajstić information content (AvgIpc) is 2.53. The Hall–Kier alpha value is -1.02. The number of unbranched alkanes of at least 4 members (excludes halogenated alkanes) is 8. The van der Waals surface area contributed by atoms with Crippen molar-refractivity contribution in [1.29, 1.82) is 0 Å². The van der Waals surface area contributed by atoms with Crippen LogP contribution in [0.1, 0.15) is 82.8 Å². The lowest BCUT2D eigenvalue weighted by Gasteiger charge is -2.14. The van der Waals surface area contributed by atoms with Crippen LogP contribution in [0.3, 0.4) is 0 Å². The molecule has 21 heavy (non-hydrogen) atoms. The number of rotatable bonds is 12. The molecule has 2 heteroatoms. The molecule has 0 heterocycles. The summed E-state index contributed by atoms with van der Waals surface area (Å²) in [6.07, 6.45) is 12.2. The molecule has 2 nitrogen and oxygen atoms in total. The van der Waals surface area contributed by atoms with Crippen molar-refractivity contribution >= 4 is 0 Å². The first-order valence-electron chi connectivity index (χ1n) is 8.60. The number of methoxy groups -OCH3 is 1. The standard InChI is InChI=1S/C19H32O2/c1-3-4-5-6-7-8-9-10-11-15-18(20)17-14-12-13-16-19(17)21-2/h12-14,16,18,20H,3-11,15H2,1-2H3. The molecule has 0 saturated heterocycles. The molecule has 0 saturated carbocycles. The van der Waals surface area contributed by atoms with Gasteiger partial charge in [-0.15, -0.1) is 0 Å². The molecule has 0 fully saturated rings. The lowest BCUT2D eigenvalue weighted by molar-refractivity contribution is 0.159. The fourth-order valence-corrected chi connectivity index (χ4v) is 2.75. The normalized spacial score (nSPS) is 12.3. The molecule has 1 atom stereocenters. The molecule has 1 N–H and O–H groups in total. The molecule has 1 rings (SSSR count). The zero-order valence-electron chi connectivity index (χ0n) is 13.8. The van der Waals surface area contributed by atoms with Gasteiger partial charge in [0.05, 0.1) is 13.2 Å². The monoisotopic (exact) mass is 292 g/mol. The summed E-state index contributed by atoms with van der Waals surface area (Å²) in [7, 11) is 1.66. The van der Waals surface area contributed by atoms with Gasteiger partial charge in [0.25, 0.3) is 0 Å². The predicted octanol–water partition coefficient (Wildman–Crippen LogP) is 5.65. The molecular weight excluding hydrogens is 260 g/mol. The number of aliphatic hydroxyl groups excluding tert-OH is 1. The number of benzene rings is 1. The van der Waals surface area contributed by atoms with Crippen molar-refractivity contribution in [2.45, 2.75) is 77.2 Å². The number of hydrogen-bond donors (Lipinski definition) is 1. The minimum absolute atomic E-state index is 0.397. The van der Waals surface area contributed by atoms with Gasteiger partial charge in [-0.05, 0) is 12.5 Å². The van der Waals surface area contributed by atoms with Gasteiger partial charge in [0.15, 0.2) is 0 Å². The Kier molecular flexibility index (Phi) is 9.98. The van der Waals surface area contributed by atoms with E-state index in [2.05, 4.69) is 6.92 Å². The molecular formula is C19H32O2. The second-order valence-electron chi connectivity index (χ2n) is 5.87. The van der Waals surface area contributed by atoms with Crippen molar-refractivity contribution in [1.82, 2.24) is 0 Å². The summed E-state index contributed by atoms with van der Waals surface area (Å²) >= 11 is 0. The Morgan fingerprint density at radius 3 is 2.10 bits per heavy atom. The van der Waals surface area contributed by atoms with Gasteiger partial charge in [0.1, 0.15) is 5.75 Å². The third kappa shape index (κ3) is 7.52. The van der Waals surface area contributed by atoms with E-state index in [1.807, 2.05) is 24.3 Å². The molecule has 0 aliphatic carbocycles. The molecule has 0 radical (unpaired) electrons. The minimum atomic E-state index is -0.397. The molecule has 0 aliphatic heterocycles. The van der Waals surface area contributed by atoms with Crippen molar-refractivity contribution in [3.05, 3.63) is 29.8 Å². The van der Waals surface area contributed by atoms with Gasteiger partial charge < -0.3 is 9.84 Å². The van der Waals surface area contributed by atoms with Crippen LogP contribution in [-0.2, 0) is 0 Å². The Bertz CT molecular complexity index is 362. The second-order valence-corrected chi connectivity index (χ2v) is 5.87. The van der Waals surface area contributed by atoms with Gasteiger partial charge in [0.2, 0.25) is 0 Å². The highest BCUT2D eigenvalue weighted by Gasteiger charge is 2.11. The number of ether oxygens (including phenoxy) is 1. The van der Waals surface area contributed by atoms with Crippen LogP contribution in [0.5, 0.6) is 5.75 Å². The van der Waals surface area contributed by atoms with Gasteiger partial charge in [-0.1, -0.05) is 82.9 Å². The Morgan fingerprint density at radius 2 is 1.48 bits per heavy atom. The van der Waals surface area contributed by atoms with Crippen molar-refractivity contribution in [3.63, 3.8) is 0 Å². The molecule has 0 spiro atoms. The van der Waals surface area contributed by atoms with E-state index in [-0.39, 0.29) is 0 Å². The Labute approximate surface area is 130 Å². The summed E-state index contributed by atoms with van der Waals surface area (Å²) in [5.74, 6) is 0.793. The van der Waals surface area contributed by atoms with Gasteiger partial charge in [0, 0.05) is 5.56 Å². The van der Waals surface area contributed by atoms with Gasteiger partial charge in [-0.25, -0.2) is 0 Å². The summed E-state index contributed by atoms with van der Waals surface area (Å²) < 4.78 is 5.30. The predicted molar refractivity (Wildman–Crippen MR) is 89.8 cm³/mol. The molecule has 0 aliphatic rings. The molecule has 1 unspecified atom stereocenters. The third-order valence-electron chi connectivity index (χ3n) is 4.08. The second kappa shape index (κ2) is 11.6. The van der Waals surface area contributed by atoms with Crippen LogP contribution < -0.4 is 4.74 Å². The Morgan fingerprint density at radius 1 is 0.905 bits per heavy atom. The molecule has 1 aromatic rings. The minimum Gasteiger partial charge on any atom is -0.496 e. The molecule has 0 aromatic heterocycles. The maximum absolute atomic E-state index is 10.3. The van der Waals surface area contributed by atoms with E-state index in [0.717, 1.165) is 24.2 Å². The fourth-order valence-electron chi connectivity index (χ4n) is 2.75. The highest BCUT2D eigenvalue weighted by atomic mass is 16.5. The summed E-state index contributed by atoms with van der Waals surface area (Å²) in [5, 5.41) is 10.3. The van der Waals surface area contributed by atoms with Crippen LogP contribution in [0, 0.1) is 0 Å². The number of aliphatic hydroxyl groups is 1. The van der Waals surface area contributed by atoms with E-state index in [9.17, 15) is 5.11 Å². The number of para-hydroxylation sites is 1. The molecule has 0 bridgehead atoms. The van der Waals surface area contributed by atoms with E-state index in [4.69, 9.17) is 4.74 Å². The van der Waals surface area contributed by atoms with Crippen LogP contribution in [0.4, 0.5) is 0 Å². The van der Waals surface area contributed by atoms with Crippen molar-refractivity contribution < 1.29 is 9.84 Å². The maximum Gasteiger partial charge on any atom is 0.124 e. The van der Waals surface area contributed by atoms with Crippen LogP contribution in [0.2, 0.25) is 0 Å². The zero-order valence-corrected chi connectivity index (χ0v) is 13.8. The van der Waals surface area contributed by atoms with Gasteiger partial charge >= 0.3 is 0 Å². The smallest absolute Gasteiger partial charge is 0.124 e. The highest BCUT2D eigenvalue weighted by Crippen LogP contribution is 2.28. The first-order valence-corrected chi connectivity index (χ1v) is 8.60. The van der Waals surface area contributed by atoms with E-state index in [0.29, 0.717) is 0 Å². The summed E-state index contributed by atoms with van der Waals surface area (Å²) in [4.78, 5) is 0. The van der Waals surface area contributed by atoms with Crippen molar-refractivity contribution in [2.24, 2.45) is 0 Å². The van der Waals surface area contributed by atoms with E-state index in [1.54, 1.807) is 7.11 Å². The molecule has 120 valence electrons. The fraction of sp³-hybridized carbons (Fsp3) is 0.684. The van der Waals surface area contributed by atoms with Gasteiger partial charge in [-0.3, -0.25) is 0 Å². The summed E-state index contributed by atoms with van der Waals surface area (Å²) in [6.45, 7) is 2.26.